The first kappa shape index (κ1) is 16.0. The number of thiophene rings is 1. The Morgan fingerprint density at radius 2 is 2.04 bits per heavy atom. The van der Waals surface area contributed by atoms with Crippen LogP contribution in [0.2, 0.25) is 0 Å². The van der Waals surface area contributed by atoms with Crippen molar-refractivity contribution in [2.75, 3.05) is 19.8 Å². The molecule has 2 fully saturated rings. The molecule has 5 nitrogen and oxygen atoms in total. The summed E-state index contributed by atoms with van der Waals surface area (Å²) in [6.07, 6.45) is 3.31. The Morgan fingerprint density at radius 1 is 1.25 bits per heavy atom. The van der Waals surface area contributed by atoms with Gasteiger partial charge in [-0.15, -0.1) is 11.3 Å². The zero-order valence-electron chi connectivity index (χ0n) is 14.5. The second-order valence-corrected chi connectivity index (χ2v) is 8.01. The van der Waals surface area contributed by atoms with Crippen LogP contribution in [0, 0.1) is 26.7 Å². The first-order valence-corrected chi connectivity index (χ1v) is 9.49. The van der Waals surface area contributed by atoms with E-state index in [9.17, 15) is 4.79 Å². The minimum atomic E-state index is 0.168. The number of rotatable bonds is 4. The molecule has 1 saturated carbocycles. The van der Waals surface area contributed by atoms with Crippen LogP contribution in [-0.4, -0.2) is 46.6 Å². The molecule has 128 valence electrons. The second kappa shape index (κ2) is 6.08. The van der Waals surface area contributed by atoms with E-state index < -0.39 is 0 Å². The quantitative estimate of drug-likeness (QED) is 0.853. The summed E-state index contributed by atoms with van der Waals surface area (Å²) >= 11 is 1.52. The molecule has 1 saturated heterocycles. The first-order valence-electron chi connectivity index (χ1n) is 8.67. The van der Waals surface area contributed by atoms with E-state index >= 15 is 0 Å². The van der Waals surface area contributed by atoms with Gasteiger partial charge in [0.15, 0.2) is 0 Å². The molecule has 2 aliphatic rings. The average Bonchev–Trinajstić information content (AvgIpc) is 3.13. The molecule has 1 amide bonds. The molecule has 4 rings (SSSR count). The van der Waals surface area contributed by atoms with Gasteiger partial charge in [-0.25, -0.2) is 9.97 Å². The largest absolute Gasteiger partial charge is 0.381 e. The predicted octanol–water partition coefficient (Wildman–Crippen LogP) is 3.26. The summed E-state index contributed by atoms with van der Waals surface area (Å²) in [5.41, 5.74) is 2.00. The summed E-state index contributed by atoms with van der Waals surface area (Å²) in [7, 11) is 0. The Labute approximate surface area is 146 Å². The highest BCUT2D eigenvalue weighted by atomic mass is 32.1. The molecule has 1 unspecified atom stereocenters. The van der Waals surface area contributed by atoms with Crippen LogP contribution in [0.15, 0.2) is 0 Å². The van der Waals surface area contributed by atoms with Gasteiger partial charge < -0.3 is 9.64 Å². The number of ether oxygens (including phenoxy) is 1. The van der Waals surface area contributed by atoms with Crippen LogP contribution in [0.3, 0.4) is 0 Å². The molecule has 1 aliphatic carbocycles. The maximum absolute atomic E-state index is 13.2. The molecular formula is C18H23N3O2S. The molecule has 2 aromatic rings. The SMILES string of the molecule is Cc1nc(C)c2c(C)c(C(=O)N(CC3CCOC3)C3CC3)sc2n1. The number of carbonyl (C=O) groups excluding carboxylic acids is 1. The fourth-order valence-electron chi connectivity index (χ4n) is 3.60. The van der Waals surface area contributed by atoms with E-state index in [2.05, 4.69) is 14.9 Å². The third-order valence-corrected chi connectivity index (χ3v) is 6.18. The smallest absolute Gasteiger partial charge is 0.264 e. The van der Waals surface area contributed by atoms with Crippen LogP contribution in [-0.2, 0) is 4.74 Å². The van der Waals surface area contributed by atoms with Crippen LogP contribution in [0.1, 0.15) is 46.0 Å². The first-order chi connectivity index (χ1) is 11.5. The van der Waals surface area contributed by atoms with E-state index in [1.807, 2.05) is 20.8 Å². The number of hydrogen-bond acceptors (Lipinski definition) is 5. The highest BCUT2D eigenvalue weighted by molar-refractivity contribution is 7.20. The Kier molecular flexibility index (Phi) is 4.04. The van der Waals surface area contributed by atoms with E-state index in [1.165, 1.54) is 11.3 Å². The van der Waals surface area contributed by atoms with Crippen molar-refractivity contribution in [2.24, 2.45) is 5.92 Å². The lowest BCUT2D eigenvalue weighted by molar-refractivity contribution is 0.0710. The minimum absolute atomic E-state index is 0.168. The van der Waals surface area contributed by atoms with E-state index in [-0.39, 0.29) is 5.91 Å². The predicted molar refractivity (Wildman–Crippen MR) is 94.6 cm³/mol. The molecule has 2 aromatic heterocycles. The number of carbonyl (C=O) groups is 1. The molecule has 3 heterocycles. The monoisotopic (exact) mass is 345 g/mol. The minimum Gasteiger partial charge on any atom is -0.381 e. The van der Waals surface area contributed by atoms with Gasteiger partial charge in [0.1, 0.15) is 10.7 Å². The number of aromatic nitrogens is 2. The molecule has 24 heavy (non-hydrogen) atoms. The summed E-state index contributed by atoms with van der Waals surface area (Å²) in [6, 6.07) is 0.414. The highest BCUT2D eigenvalue weighted by Gasteiger charge is 2.36. The van der Waals surface area contributed by atoms with Gasteiger partial charge in [-0.05, 0) is 45.6 Å². The van der Waals surface area contributed by atoms with Crippen molar-refractivity contribution >= 4 is 27.5 Å². The van der Waals surface area contributed by atoms with Gasteiger partial charge in [0.05, 0.1) is 11.5 Å². The lowest BCUT2D eigenvalue weighted by Crippen LogP contribution is -2.37. The van der Waals surface area contributed by atoms with Crippen molar-refractivity contribution in [2.45, 2.75) is 46.1 Å². The summed E-state index contributed by atoms with van der Waals surface area (Å²) in [5, 5.41) is 1.05. The molecule has 0 spiro atoms. The second-order valence-electron chi connectivity index (χ2n) is 7.01. The van der Waals surface area contributed by atoms with Crippen LogP contribution in [0.4, 0.5) is 0 Å². The number of amides is 1. The fourth-order valence-corrected chi connectivity index (χ4v) is 4.83. The van der Waals surface area contributed by atoms with Crippen LogP contribution in [0.25, 0.3) is 10.2 Å². The van der Waals surface area contributed by atoms with Gasteiger partial charge >= 0.3 is 0 Å². The van der Waals surface area contributed by atoms with E-state index in [0.717, 1.165) is 71.2 Å². The number of fused-ring (bicyclic) bond motifs is 1. The summed E-state index contributed by atoms with van der Waals surface area (Å²) < 4.78 is 5.49. The number of aryl methyl sites for hydroxylation is 3. The van der Waals surface area contributed by atoms with Crippen molar-refractivity contribution in [3.05, 3.63) is 22.0 Å². The van der Waals surface area contributed by atoms with E-state index in [1.54, 1.807) is 0 Å². The van der Waals surface area contributed by atoms with Crippen LogP contribution < -0.4 is 0 Å². The molecule has 0 aromatic carbocycles. The Morgan fingerprint density at radius 3 is 2.71 bits per heavy atom. The van der Waals surface area contributed by atoms with Gasteiger partial charge in [0, 0.05) is 36.2 Å². The molecule has 6 heteroatoms. The van der Waals surface area contributed by atoms with Gasteiger partial charge in [-0.2, -0.15) is 0 Å². The fraction of sp³-hybridized carbons (Fsp3) is 0.611. The number of hydrogen-bond donors (Lipinski definition) is 0. The third-order valence-electron chi connectivity index (χ3n) is 5.00. The molecule has 0 bridgehead atoms. The summed E-state index contributed by atoms with van der Waals surface area (Å²) in [4.78, 5) is 26.1. The maximum atomic E-state index is 13.2. The van der Waals surface area contributed by atoms with Gasteiger partial charge in [0.2, 0.25) is 0 Å². The zero-order chi connectivity index (χ0) is 16.8. The Hall–Kier alpha value is -1.53. The van der Waals surface area contributed by atoms with Crippen LogP contribution >= 0.6 is 11.3 Å². The van der Waals surface area contributed by atoms with Crippen molar-refractivity contribution in [3.63, 3.8) is 0 Å². The normalized spacial score (nSPS) is 20.7. The highest BCUT2D eigenvalue weighted by Crippen LogP contribution is 2.36. The lowest BCUT2D eigenvalue weighted by atomic mass is 10.1. The lowest BCUT2D eigenvalue weighted by Gasteiger charge is -2.25. The molecular weight excluding hydrogens is 322 g/mol. The van der Waals surface area contributed by atoms with E-state index in [4.69, 9.17) is 4.74 Å². The maximum Gasteiger partial charge on any atom is 0.264 e. The van der Waals surface area contributed by atoms with Crippen LogP contribution in [0.5, 0.6) is 0 Å². The Balaban J connectivity index is 1.68. The Bertz CT molecular complexity index is 791. The van der Waals surface area contributed by atoms with Gasteiger partial charge in [-0.3, -0.25) is 4.79 Å². The van der Waals surface area contributed by atoms with Crippen molar-refractivity contribution < 1.29 is 9.53 Å². The average molecular weight is 345 g/mol. The number of nitrogens with zero attached hydrogens (tertiary/aromatic N) is 3. The van der Waals surface area contributed by atoms with Gasteiger partial charge in [0.25, 0.3) is 5.91 Å². The van der Waals surface area contributed by atoms with Crippen molar-refractivity contribution in [1.29, 1.82) is 0 Å². The third kappa shape index (κ3) is 2.82. The molecule has 1 atom stereocenters. The summed E-state index contributed by atoms with van der Waals surface area (Å²) in [5.74, 6) is 1.41. The van der Waals surface area contributed by atoms with Gasteiger partial charge in [-0.1, -0.05) is 0 Å². The molecule has 0 radical (unpaired) electrons. The van der Waals surface area contributed by atoms with Crippen molar-refractivity contribution in [1.82, 2.24) is 14.9 Å². The zero-order valence-corrected chi connectivity index (χ0v) is 15.3. The summed E-state index contributed by atoms with van der Waals surface area (Å²) in [6.45, 7) is 8.36. The topological polar surface area (TPSA) is 55.3 Å². The molecule has 0 N–H and O–H groups in total. The van der Waals surface area contributed by atoms with E-state index in [0.29, 0.717) is 12.0 Å². The van der Waals surface area contributed by atoms with Crippen molar-refractivity contribution in [3.8, 4) is 0 Å². The molecule has 1 aliphatic heterocycles. The standard InChI is InChI=1S/C18H23N3O2S/c1-10-15-11(2)19-12(3)20-17(15)24-16(10)18(22)21(14-4-5-14)8-13-6-7-23-9-13/h13-14H,4-9H2,1-3H3.